The minimum Gasteiger partial charge on any atom is -0.455 e. The summed E-state index contributed by atoms with van der Waals surface area (Å²) in [7, 11) is 3.23. The zero-order valence-electron chi connectivity index (χ0n) is 22.4. The van der Waals surface area contributed by atoms with Gasteiger partial charge in [-0.1, -0.05) is 6.07 Å². The molecule has 0 spiro atoms. The Morgan fingerprint density at radius 3 is 2.69 bits per heavy atom. The SMILES string of the molecule is CN=Cc1cc(-c2oc3c(C(C)Nc4cccnc4C(=NC)NOC=O)cc(C)cc3c(=O)c2C)ccc1N. The van der Waals surface area contributed by atoms with Crippen LogP contribution in [0.15, 0.2) is 67.9 Å². The fraction of sp³-hybridized carbons (Fsp3) is 0.207. The van der Waals surface area contributed by atoms with Crippen LogP contribution in [-0.2, 0) is 9.63 Å². The molecule has 10 heteroatoms. The first-order valence-corrected chi connectivity index (χ1v) is 12.2. The van der Waals surface area contributed by atoms with Gasteiger partial charge in [0.25, 0.3) is 0 Å². The summed E-state index contributed by atoms with van der Waals surface area (Å²) < 4.78 is 6.49. The molecule has 39 heavy (non-hydrogen) atoms. The number of aryl methyl sites for hydroxylation is 1. The summed E-state index contributed by atoms with van der Waals surface area (Å²) in [5.41, 5.74) is 14.3. The number of anilines is 2. The number of aromatic nitrogens is 1. The molecule has 0 saturated heterocycles. The van der Waals surface area contributed by atoms with Gasteiger partial charge >= 0.3 is 6.47 Å². The van der Waals surface area contributed by atoms with Gasteiger partial charge in [-0.05, 0) is 62.7 Å². The van der Waals surface area contributed by atoms with Crippen LogP contribution in [0.4, 0.5) is 11.4 Å². The number of carbonyl (C=O) groups excluding carboxylic acids is 1. The minimum absolute atomic E-state index is 0.108. The maximum Gasteiger partial charge on any atom is 0.320 e. The van der Waals surface area contributed by atoms with Gasteiger partial charge in [-0.2, -0.15) is 5.48 Å². The average molecular weight is 527 g/mol. The first kappa shape index (κ1) is 27.1. The molecule has 200 valence electrons. The molecule has 0 aliphatic carbocycles. The molecule has 0 aliphatic rings. The van der Waals surface area contributed by atoms with E-state index >= 15 is 0 Å². The molecule has 1 atom stereocenters. The molecule has 0 amide bonds. The number of carbonyl (C=O) groups is 1. The third kappa shape index (κ3) is 5.49. The number of nitrogen functional groups attached to an aromatic ring is 1. The Bertz CT molecular complexity index is 1660. The molecule has 4 N–H and O–H groups in total. The highest BCUT2D eigenvalue weighted by Crippen LogP contribution is 2.33. The van der Waals surface area contributed by atoms with Crippen LogP contribution in [0, 0.1) is 13.8 Å². The second-order valence-corrected chi connectivity index (χ2v) is 9.00. The lowest BCUT2D eigenvalue weighted by Crippen LogP contribution is -2.26. The summed E-state index contributed by atoms with van der Waals surface area (Å²) in [4.78, 5) is 41.5. The third-order valence-electron chi connectivity index (χ3n) is 6.31. The van der Waals surface area contributed by atoms with Crippen molar-refractivity contribution in [1.82, 2.24) is 10.5 Å². The van der Waals surface area contributed by atoms with Crippen LogP contribution in [0.25, 0.3) is 22.3 Å². The Kier molecular flexibility index (Phi) is 8.04. The van der Waals surface area contributed by atoms with Gasteiger partial charge in [0.2, 0.25) is 0 Å². The van der Waals surface area contributed by atoms with Gasteiger partial charge in [-0.15, -0.1) is 0 Å². The van der Waals surface area contributed by atoms with E-state index in [1.54, 1.807) is 45.6 Å². The summed E-state index contributed by atoms with van der Waals surface area (Å²) in [6.07, 6.45) is 3.28. The van der Waals surface area contributed by atoms with Crippen LogP contribution < -0.4 is 22.0 Å². The quantitative estimate of drug-likeness (QED) is 0.101. The van der Waals surface area contributed by atoms with Crippen molar-refractivity contribution in [3.8, 4) is 11.3 Å². The molecule has 0 radical (unpaired) electrons. The Morgan fingerprint density at radius 1 is 1.18 bits per heavy atom. The molecule has 10 nitrogen and oxygen atoms in total. The van der Waals surface area contributed by atoms with Crippen molar-refractivity contribution in [2.24, 2.45) is 9.98 Å². The highest BCUT2D eigenvalue weighted by atomic mass is 16.7. The number of nitrogens with two attached hydrogens (primary N) is 1. The molecule has 4 aromatic rings. The van der Waals surface area contributed by atoms with Crippen LogP contribution >= 0.6 is 0 Å². The molecule has 0 aliphatic heterocycles. The lowest BCUT2D eigenvalue weighted by Gasteiger charge is -2.20. The van der Waals surface area contributed by atoms with E-state index in [0.29, 0.717) is 39.4 Å². The Balaban J connectivity index is 1.84. The fourth-order valence-electron chi connectivity index (χ4n) is 4.43. The maximum absolute atomic E-state index is 13.6. The second-order valence-electron chi connectivity index (χ2n) is 9.00. The van der Waals surface area contributed by atoms with E-state index in [-0.39, 0.29) is 23.8 Å². The maximum atomic E-state index is 13.6. The number of pyridine rings is 1. The van der Waals surface area contributed by atoms with Crippen molar-refractivity contribution in [3.05, 3.63) is 86.8 Å². The van der Waals surface area contributed by atoms with Gasteiger partial charge in [0.1, 0.15) is 17.0 Å². The molecule has 2 aromatic heterocycles. The van der Waals surface area contributed by atoms with Gasteiger partial charge in [0.15, 0.2) is 11.3 Å². The van der Waals surface area contributed by atoms with Crippen LogP contribution in [0.2, 0.25) is 0 Å². The van der Waals surface area contributed by atoms with Crippen molar-refractivity contribution in [1.29, 1.82) is 0 Å². The molecule has 0 fully saturated rings. The van der Waals surface area contributed by atoms with Crippen molar-refractivity contribution >= 4 is 40.9 Å². The summed E-state index contributed by atoms with van der Waals surface area (Å²) in [5.74, 6) is 0.735. The van der Waals surface area contributed by atoms with Crippen LogP contribution in [0.3, 0.4) is 0 Å². The van der Waals surface area contributed by atoms with Crippen molar-refractivity contribution in [2.75, 3.05) is 25.1 Å². The van der Waals surface area contributed by atoms with Crippen LogP contribution in [0.1, 0.15) is 40.9 Å². The highest BCUT2D eigenvalue weighted by molar-refractivity contribution is 6.01. The minimum atomic E-state index is -0.312. The lowest BCUT2D eigenvalue weighted by molar-refractivity contribution is -0.132. The Morgan fingerprint density at radius 2 is 1.97 bits per heavy atom. The van der Waals surface area contributed by atoms with Gasteiger partial charge in [0, 0.05) is 54.4 Å². The number of fused-ring (bicyclic) bond motifs is 1. The number of hydrogen-bond donors (Lipinski definition) is 3. The van der Waals surface area contributed by atoms with E-state index in [2.05, 4.69) is 30.6 Å². The molecule has 2 heterocycles. The third-order valence-corrected chi connectivity index (χ3v) is 6.31. The van der Waals surface area contributed by atoms with Gasteiger partial charge in [-0.25, -0.2) is 0 Å². The number of hydrogen-bond acceptors (Lipinski definition) is 9. The summed E-state index contributed by atoms with van der Waals surface area (Å²) in [5, 5.41) is 3.94. The van der Waals surface area contributed by atoms with E-state index in [0.717, 1.165) is 22.3 Å². The Labute approximate surface area is 225 Å². The molecule has 0 saturated carbocycles. The zero-order chi connectivity index (χ0) is 28.1. The van der Waals surface area contributed by atoms with Crippen LogP contribution in [-0.4, -0.2) is 37.6 Å². The molecule has 1 unspecified atom stereocenters. The van der Waals surface area contributed by atoms with Gasteiger partial charge < -0.3 is 20.3 Å². The first-order valence-electron chi connectivity index (χ1n) is 12.2. The average Bonchev–Trinajstić information content (AvgIpc) is 2.93. The largest absolute Gasteiger partial charge is 0.455 e. The molecular weight excluding hydrogens is 496 g/mol. The molecule has 4 rings (SSSR count). The monoisotopic (exact) mass is 526 g/mol. The van der Waals surface area contributed by atoms with E-state index < -0.39 is 0 Å². The summed E-state index contributed by atoms with van der Waals surface area (Å²) in [6, 6.07) is 12.6. The second kappa shape index (κ2) is 11.6. The predicted molar refractivity (Wildman–Crippen MR) is 154 cm³/mol. The lowest BCUT2D eigenvalue weighted by atomic mass is 9.98. The molecular formula is C29H30N6O4. The van der Waals surface area contributed by atoms with E-state index in [9.17, 15) is 9.59 Å². The number of amidine groups is 1. The van der Waals surface area contributed by atoms with Gasteiger partial charge in [0.05, 0.1) is 17.1 Å². The van der Waals surface area contributed by atoms with E-state index in [4.69, 9.17) is 10.2 Å². The smallest absolute Gasteiger partial charge is 0.320 e. The number of rotatable bonds is 8. The predicted octanol–water partition coefficient (Wildman–Crippen LogP) is 4.33. The highest BCUT2D eigenvalue weighted by Gasteiger charge is 2.21. The normalized spacial score (nSPS) is 12.5. The van der Waals surface area contributed by atoms with Crippen LogP contribution in [0.5, 0.6) is 0 Å². The molecule has 2 aromatic carbocycles. The number of nitrogens with one attached hydrogen (secondary N) is 2. The van der Waals surface area contributed by atoms with Crippen molar-refractivity contribution in [2.45, 2.75) is 26.8 Å². The topological polar surface area (TPSA) is 144 Å². The standard InChI is InChI=1S/C29H30N6O4/c1-16-11-21(18(3)34-24-7-6-10-33-25(24)29(32-5)35-38-15-36)28-22(12-16)26(37)17(2)27(39-28)19-8-9-23(30)20(13-19)14-31-4/h6-15,18,34H,30H2,1-5H3,(H,32,35). The zero-order valence-corrected chi connectivity index (χ0v) is 22.4. The summed E-state index contributed by atoms with van der Waals surface area (Å²) >= 11 is 0. The Hall–Kier alpha value is -4.99. The summed E-state index contributed by atoms with van der Waals surface area (Å²) in [6.45, 7) is 5.92. The molecule has 0 bridgehead atoms. The number of aliphatic imine (C=N–C) groups is 2. The van der Waals surface area contributed by atoms with E-state index in [1.165, 1.54) is 0 Å². The van der Waals surface area contributed by atoms with Crippen molar-refractivity contribution in [3.63, 3.8) is 0 Å². The number of hydroxylamine groups is 1. The van der Waals surface area contributed by atoms with E-state index in [1.807, 2.05) is 44.2 Å². The number of benzene rings is 2. The fourth-order valence-corrected chi connectivity index (χ4v) is 4.43. The van der Waals surface area contributed by atoms with Crippen molar-refractivity contribution < 1.29 is 14.0 Å². The first-order chi connectivity index (χ1) is 18.8. The number of nitrogens with zero attached hydrogens (tertiary/aromatic N) is 3. The van der Waals surface area contributed by atoms with Gasteiger partial charge in [-0.3, -0.25) is 24.6 Å².